The topological polar surface area (TPSA) is 113 Å². The molecule has 0 heterocycles. The number of rotatable bonds is 8. The first kappa shape index (κ1) is 27.1. The standard InChI is InChI=1S/C22H20Cl3N3O5S2/c1-14-6-7-15(23)12-20(14)28(34(2,30)31)13-21(29)26-16-8-10-17(11-9-16)35(32,33)27-19-5-3-4-18(24)22(19)25/h3-12,27H,13H2,1-2H3,(H,26,29). The van der Waals surface area contributed by atoms with Crippen LogP contribution >= 0.6 is 34.8 Å². The molecule has 0 aliphatic carbocycles. The molecule has 8 nitrogen and oxygen atoms in total. The van der Waals surface area contributed by atoms with Gasteiger partial charge in [-0.2, -0.15) is 0 Å². The van der Waals surface area contributed by atoms with E-state index < -0.39 is 32.5 Å². The average molecular weight is 577 g/mol. The van der Waals surface area contributed by atoms with Gasteiger partial charge < -0.3 is 5.32 Å². The summed E-state index contributed by atoms with van der Waals surface area (Å²) in [4.78, 5) is 12.5. The molecule has 0 aromatic heterocycles. The number of sulfonamides is 2. The fraction of sp³-hybridized carbons (Fsp3) is 0.136. The molecule has 35 heavy (non-hydrogen) atoms. The van der Waals surface area contributed by atoms with Crippen molar-refractivity contribution >= 4 is 77.8 Å². The lowest BCUT2D eigenvalue weighted by Gasteiger charge is -2.24. The van der Waals surface area contributed by atoms with E-state index in [1.165, 1.54) is 42.5 Å². The third kappa shape index (κ3) is 6.80. The Labute approximate surface area is 218 Å². The highest BCUT2D eigenvalue weighted by Gasteiger charge is 2.23. The van der Waals surface area contributed by atoms with Gasteiger partial charge in [-0.15, -0.1) is 0 Å². The van der Waals surface area contributed by atoms with Crippen LogP contribution < -0.4 is 14.3 Å². The Balaban J connectivity index is 1.75. The molecule has 3 aromatic rings. The van der Waals surface area contributed by atoms with E-state index in [-0.39, 0.29) is 32.0 Å². The Morgan fingerprint density at radius 2 is 1.60 bits per heavy atom. The van der Waals surface area contributed by atoms with Gasteiger partial charge in [0.15, 0.2) is 0 Å². The highest BCUT2D eigenvalue weighted by molar-refractivity contribution is 7.92. The summed E-state index contributed by atoms with van der Waals surface area (Å²) in [6.07, 6.45) is 0.986. The molecule has 0 spiro atoms. The summed E-state index contributed by atoms with van der Waals surface area (Å²) >= 11 is 18.0. The van der Waals surface area contributed by atoms with Gasteiger partial charge in [-0.3, -0.25) is 13.8 Å². The lowest BCUT2D eigenvalue weighted by atomic mass is 10.2. The maximum atomic E-state index is 12.7. The first-order valence-electron chi connectivity index (χ1n) is 9.88. The largest absolute Gasteiger partial charge is 0.325 e. The molecule has 0 bridgehead atoms. The van der Waals surface area contributed by atoms with E-state index in [0.29, 0.717) is 10.6 Å². The number of carbonyl (C=O) groups is 1. The summed E-state index contributed by atoms with van der Waals surface area (Å²) in [6.45, 7) is 1.19. The number of nitrogens with one attached hydrogen (secondary N) is 2. The van der Waals surface area contributed by atoms with Gasteiger partial charge in [0.1, 0.15) is 6.54 Å². The van der Waals surface area contributed by atoms with Crippen LogP contribution in [0.2, 0.25) is 15.1 Å². The summed E-state index contributed by atoms with van der Waals surface area (Å²) in [6, 6.07) is 14.6. The minimum atomic E-state index is -3.99. The molecule has 0 saturated heterocycles. The Kier molecular flexibility index (Phi) is 8.23. The van der Waals surface area contributed by atoms with Crippen LogP contribution in [-0.2, 0) is 24.8 Å². The summed E-state index contributed by atoms with van der Waals surface area (Å²) in [5, 5.41) is 3.14. The van der Waals surface area contributed by atoms with Crippen molar-refractivity contribution in [3.8, 4) is 0 Å². The second-order valence-electron chi connectivity index (χ2n) is 7.48. The molecular weight excluding hydrogens is 557 g/mol. The molecule has 0 atom stereocenters. The predicted octanol–water partition coefficient (Wildman–Crippen LogP) is 5.16. The summed E-state index contributed by atoms with van der Waals surface area (Å²) in [5.41, 5.74) is 1.29. The molecule has 3 rings (SSSR count). The number of nitrogens with zero attached hydrogens (tertiary/aromatic N) is 1. The summed E-state index contributed by atoms with van der Waals surface area (Å²) < 4.78 is 53.4. The number of hydrogen-bond donors (Lipinski definition) is 2. The van der Waals surface area contributed by atoms with E-state index >= 15 is 0 Å². The van der Waals surface area contributed by atoms with Crippen molar-refractivity contribution in [3.63, 3.8) is 0 Å². The monoisotopic (exact) mass is 575 g/mol. The molecule has 2 N–H and O–H groups in total. The Hall–Kier alpha value is -2.50. The normalized spacial score (nSPS) is 11.7. The fourth-order valence-electron chi connectivity index (χ4n) is 3.07. The maximum Gasteiger partial charge on any atom is 0.261 e. The number of anilines is 3. The van der Waals surface area contributed by atoms with Gasteiger partial charge in [0.25, 0.3) is 10.0 Å². The van der Waals surface area contributed by atoms with Gasteiger partial charge in [-0.05, 0) is 61.0 Å². The van der Waals surface area contributed by atoms with E-state index in [4.69, 9.17) is 34.8 Å². The number of hydrogen-bond acceptors (Lipinski definition) is 5. The molecule has 0 fully saturated rings. The Morgan fingerprint density at radius 1 is 0.943 bits per heavy atom. The first-order valence-corrected chi connectivity index (χ1v) is 14.3. The highest BCUT2D eigenvalue weighted by atomic mass is 35.5. The predicted molar refractivity (Wildman–Crippen MR) is 141 cm³/mol. The number of aryl methyl sites for hydroxylation is 1. The maximum absolute atomic E-state index is 12.7. The van der Waals surface area contributed by atoms with Crippen molar-refractivity contribution in [2.45, 2.75) is 11.8 Å². The molecule has 186 valence electrons. The third-order valence-corrected chi connectivity index (χ3v) is 8.33. The average Bonchev–Trinajstić information content (AvgIpc) is 2.76. The molecule has 1 amide bonds. The van der Waals surface area contributed by atoms with E-state index in [1.54, 1.807) is 25.1 Å². The van der Waals surface area contributed by atoms with Crippen molar-refractivity contribution in [1.82, 2.24) is 0 Å². The minimum Gasteiger partial charge on any atom is -0.325 e. The van der Waals surface area contributed by atoms with Gasteiger partial charge in [-0.25, -0.2) is 16.8 Å². The number of halogens is 3. The third-order valence-electron chi connectivity index (χ3n) is 4.77. The molecule has 0 radical (unpaired) electrons. The molecule has 3 aromatic carbocycles. The zero-order valence-electron chi connectivity index (χ0n) is 18.4. The molecule has 0 aliphatic heterocycles. The van der Waals surface area contributed by atoms with Crippen LogP contribution in [0.4, 0.5) is 17.1 Å². The molecular formula is C22H20Cl3N3O5S2. The lowest BCUT2D eigenvalue weighted by Crippen LogP contribution is -2.37. The first-order chi connectivity index (χ1) is 16.3. The van der Waals surface area contributed by atoms with Crippen LogP contribution in [-0.4, -0.2) is 35.5 Å². The van der Waals surface area contributed by atoms with Gasteiger partial charge in [0, 0.05) is 10.7 Å². The number of amides is 1. The zero-order valence-corrected chi connectivity index (χ0v) is 22.3. The quantitative estimate of drug-likeness (QED) is 0.385. The fourth-order valence-corrected chi connectivity index (χ4v) is 5.61. The van der Waals surface area contributed by atoms with Crippen molar-refractivity contribution in [1.29, 1.82) is 0 Å². The molecule has 0 aliphatic rings. The van der Waals surface area contributed by atoms with Gasteiger partial charge in [0.05, 0.1) is 32.6 Å². The summed E-state index contributed by atoms with van der Waals surface area (Å²) in [7, 11) is -7.79. The van der Waals surface area contributed by atoms with E-state index in [2.05, 4.69) is 10.0 Å². The van der Waals surface area contributed by atoms with Crippen LogP contribution in [0.15, 0.2) is 65.6 Å². The van der Waals surface area contributed by atoms with Crippen molar-refractivity contribution in [3.05, 3.63) is 81.3 Å². The SMILES string of the molecule is Cc1ccc(Cl)cc1N(CC(=O)Nc1ccc(S(=O)(=O)Nc2cccc(Cl)c2Cl)cc1)S(C)(=O)=O. The van der Waals surface area contributed by atoms with E-state index in [0.717, 1.165) is 10.6 Å². The zero-order chi connectivity index (χ0) is 26.0. The molecule has 13 heteroatoms. The second-order valence-corrected chi connectivity index (χ2v) is 12.3. The van der Waals surface area contributed by atoms with Crippen LogP contribution in [0.25, 0.3) is 0 Å². The highest BCUT2D eigenvalue weighted by Crippen LogP contribution is 2.31. The van der Waals surface area contributed by atoms with Crippen LogP contribution in [0, 0.1) is 6.92 Å². The van der Waals surface area contributed by atoms with Gasteiger partial charge in [-0.1, -0.05) is 46.9 Å². The van der Waals surface area contributed by atoms with E-state index in [9.17, 15) is 21.6 Å². The van der Waals surface area contributed by atoms with Crippen molar-refractivity contribution in [2.24, 2.45) is 0 Å². The van der Waals surface area contributed by atoms with Crippen LogP contribution in [0.3, 0.4) is 0 Å². The molecule has 0 unspecified atom stereocenters. The number of benzene rings is 3. The minimum absolute atomic E-state index is 0.0620. The van der Waals surface area contributed by atoms with Crippen molar-refractivity contribution in [2.75, 3.05) is 27.1 Å². The van der Waals surface area contributed by atoms with Crippen molar-refractivity contribution < 1.29 is 21.6 Å². The molecule has 0 saturated carbocycles. The number of carbonyl (C=O) groups excluding carboxylic acids is 1. The Bertz CT molecular complexity index is 1480. The van der Waals surface area contributed by atoms with Crippen LogP contribution in [0.5, 0.6) is 0 Å². The van der Waals surface area contributed by atoms with Gasteiger partial charge >= 0.3 is 0 Å². The van der Waals surface area contributed by atoms with E-state index in [1.807, 2.05) is 0 Å². The Morgan fingerprint density at radius 3 is 2.23 bits per heavy atom. The second kappa shape index (κ2) is 10.6. The van der Waals surface area contributed by atoms with Gasteiger partial charge in [0.2, 0.25) is 15.9 Å². The van der Waals surface area contributed by atoms with Crippen LogP contribution in [0.1, 0.15) is 5.56 Å². The lowest BCUT2D eigenvalue weighted by molar-refractivity contribution is -0.114. The smallest absolute Gasteiger partial charge is 0.261 e. The summed E-state index contributed by atoms with van der Waals surface area (Å²) in [5.74, 6) is -0.630.